The first-order valence-corrected chi connectivity index (χ1v) is 6.18. The Labute approximate surface area is 115 Å². The number of hydrogen-bond donors (Lipinski definition) is 0. The van der Waals surface area contributed by atoms with E-state index in [9.17, 15) is 9.18 Å². The zero-order valence-corrected chi connectivity index (χ0v) is 10.8. The predicted octanol–water partition coefficient (Wildman–Crippen LogP) is 3.91. The smallest absolute Gasteiger partial charge is 0.409 e. The van der Waals surface area contributed by atoms with Gasteiger partial charge in [0.15, 0.2) is 0 Å². The molecule has 0 unspecified atom stereocenters. The third-order valence-corrected chi connectivity index (χ3v) is 3.17. The first-order chi connectivity index (χ1) is 9.66. The first kappa shape index (κ1) is 12.4. The third kappa shape index (κ3) is 2.05. The maximum atomic E-state index is 14.1. The van der Waals surface area contributed by atoms with Gasteiger partial charge in [-0.15, -0.1) is 0 Å². The Bertz CT molecular complexity index is 695. The van der Waals surface area contributed by atoms with E-state index in [4.69, 9.17) is 4.74 Å². The normalized spacial score (nSPS) is 16.0. The van der Waals surface area contributed by atoms with Gasteiger partial charge in [-0.1, -0.05) is 36.4 Å². The van der Waals surface area contributed by atoms with Gasteiger partial charge in [0, 0.05) is 7.05 Å². The molecule has 0 bridgehead atoms. The van der Waals surface area contributed by atoms with Crippen LogP contribution in [0.15, 0.2) is 48.5 Å². The fourth-order valence-electron chi connectivity index (χ4n) is 2.15. The van der Waals surface area contributed by atoms with Crippen LogP contribution < -0.4 is 4.90 Å². The Kier molecular flexibility index (Phi) is 2.99. The largest absolute Gasteiger partial charge is 0.419 e. The molecular formula is C16H12FNO2. The summed E-state index contributed by atoms with van der Waals surface area (Å²) in [7, 11) is 1.56. The SMILES string of the molecule is CN1C(=O)O/C(=C\c2ccccc2)c2c(F)cccc21. The van der Waals surface area contributed by atoms with Crippen molar-refractivity contribution in [3.63, 3.8) is 0 Å². The monoisotopic (exact) mass is 269 g/mol. The second-order valence-electron chi connectivity index (χ2n) is 4.48. The summed E-state index contributed by atoms with van der Waals surface area (Å²) in [5.41, 5.74) is 1.65. The molecule has 0 aliphatic carbocycles. The van der Waals surface area contributed by atoms with Gasteiger partial charge in [-0.05, 0) is 23.8 Å². The Balaban J connectivity index is 2.17. The molecule has 1 aliphatic heterocycles. The predicted molar refractivity (Wildman–Crippen MR) is 75.6 cm³/mol. The molecule has 0 radical (unpaired) electrons. The maximum Gasteiger partial charge on any atom is 0.419 e. The fraction of sp³-hybridized carbons (Fsp3) is 0.0625. The molecule has 3 nitrogen and oxygen atoms in total. The highest BCUT2D eigenvalue weighted by atomic mass is 19.1. The van der Waals surface area contributed by atoms with Crippen molar-refractivity contribution in [2.24, 2.45) is 0 Å². The minimum atomic E-state index is -0.523. The maximum absolute atomic E-state index is 14.1. The molecular weight excluding hydrogens is 257 g/mol. The van der Waals surface area contributed by atoms with E-state index < -0.39 is 11.9 Å². The van der Waals surface area contributed by atoms with E-state index in [2.05, 4.69) is 0 Å². The molecule has 0 fully saturated rings. The molecule has 100 valence electrons. The lowest BCUT2D eigenvalue weighted by atomic mass is 10.1. The Morgan fingerprint density at radius 2 is 1.85 bits per heavy atom. The summed E-state index contributed by atoms with van der Waals surface area (Å²) >= 11 is 0. The number of halogens is 1. The Hall–Kier alpha value is -2.62. The van der Waals surface area contributed by atoms with Crippen LogP contribution in [-0.4, -0.2) is 13.1 Å². The van der Waals surface area contributed by atoms with Crippen LogP contribution >= 0.6 is 0 Å². The van der Waals surface area contributed by atoms with Crippen molar-refractivity contribution in [3.8, 4) is 0 Å². The van der Waals surface area contributed by atoms with Crippen molar-refractivity contribution in [1.82, 2.24) is 0 Å². The zero-order chi connectivity index (χ0) is 14.1. The molecule has 0 N–H and O–H groups in total. The van der Waals surface area contributed by atoms with Gasteiger partial charge in [0.05, 0.1) is 11.3 Å². The van der Waals surface area contributed by atoms with Gasteiger partial charge in [0.2, 0.25) is 0 Å². The van der Waals surface area contributed by atoms with Gasteiger partial charge in [0.25, 0.3) is 0 Å². The van der Waals surface area contributed by atoms with Gasteiger partial charge in [-0.25, -0.2) is 9.18 Å². The Morgan fingerprint density at radius 1 is 1.10 bits per heavy atom. The van der Waals surface area contributed by atoms with E-state index in [1.165, 1.54) is 11.0 Å². The van der Waals surface area contributed by atoms with Crippen molar-refractivity contribution >= 4 is 23.6 Å². The summed E-state index contributed by atoms with van der Waals surface area (Å²) < 4.78 is 19.3. The zero-order valence-electron chi connectivity index (χ0n) is 10.8. The standard InChI is InChI=1S/C16H12FNO2/c1-18-13-9-5-8-12(17)15(13)14(20-16(18)19)10-11-6-3-2-4-7-11/h2-10H,1H3/b14-10-. The van der Waals surface area contributed by atoms with Crippen LogP contribution in [0.4, 0.5) is 14.9 Å². The van der Waals surface area contributed by atoms with Crippen molar-refractivity contribution in [1.29, 1.82) is 0 Å². The molecule has 2 aromatic carbocycles. The summed E-state index contributed by atoms with van der Waals surface area (Å²) in [6, 6.07) is 14.0. The number of hydrogen-bond acceptors (Lipinski definition) is 2. The molecule has 4 heteroatoms. The number of carbonyl (C=O) groups is 1. The molecule has 3 rings (SSSR count). The second-order valence-corrected chi connectivity index (χ2v) is 4.48. The summed E-state index contributed by atoms with van der Waals surface area (Å²) in [4.78, 5) is 13.1. The van der Waals surface area contributed by atoms with Crippen LogP contribution in [0.5, 0.6) is 0 Å². The van der Waals surface area contributed by atoms with Crippen LogP contribution in [0.25, 0.3) is 11.8 Å². The topological polar surface area (TPSA) is 29.5 Å². The number of anilines is 1. The number of carbonyl (C=O) groups excluding carboxylic acids is 1. The lowest BCUT2D eigenvalue weighted by molar-refractivity contribution is 0.199. The lowest BCUT2D eigenvalue weighted by Crippen LogP contribution is -2.31. The summed E-state index contributed by atoms with van der Waals surface area (Å²) in [6.07, 6.45) is 1.14. The third-order valence-electron chi connectivity index (χ3n) is 3.17. The average molecular weight is 269 g/mol. The highest BCUT2D eigenvalue weighted by molar-refractivity contribution is 6.01. The van der Waals surface area contributed by atoms with Gasteiger partial charge in [-0.3, -0.25) is 4.90 Å². The van der Waals surface area contributed by atoms with E-state index in [-0.39, 0.29) is 5.76 Å². The highest BCUT2D eigenvalue weighted by Gasteiger charge is 2.28. The van der Waals surface area contributed by atoms with E-state index in [0.29, 0.717) is 11.3 Å². The highest BCUT2D eigenvalue weighted by Crippen LogP contribution is 2.36. The average Bonchev–Trinajstić information content (AvgIpc) is 2.45. The second kappa shape index (κ2) is 4.81. The van der Waals surface area contributed by atoms with Crippen LogP contribution in [0.2, 0.25) is 0 Å². The molecule has 0 saturated heterocycles. The molecule has 1 aliphatic rings. The van der Waals surface area contributed by atoms with Crippen LogP contribution in [0, 0.1) is 5.82 Å². The van der Waals surface area contributed by atoms with E-state index >= 15 is 0 Å². The molecule has 1 heterocycles. The molecule has 0 spiro atoms. The molecule has 0 atom stereocenters. The lowest BCUT2D eigenvalue weighted by Gasteiger charge is -2.27. The minimum Gasteiger partial charge on any atom is -0.409 e. The van der Waals surface area contributed by atoms with Crippen LogP contribution in [0.1, 0.15) is 11.1 Å². The number of benzene rings is 2. The van der Waals surface area contributed by atoms with Crippen molar-refractivity contribution < 1.29 is 13.9 Å². The number of nitrogens with zero attached hydrogens (tertiary/aromatic N) is 1. The van der Waals surface area contributed by atoms with Crippen molar-refractivity contribution in [2.45, 2.75) is 0 Å². The van der Waals surface area contributed by atoms with Gasteiger partial charge in [-0.2, -0.15) is 0 Å². The summed E-state index contributed by atoms with van der Waals surface area (Å²) in [5.74, 6) is -0.184. The number of ether oxygens (including phenoxy) is 1. The summed E-state index contributed by atoms with van der Waals surface area (Å²) in [5, 5.41) is 0. The minimum absolute atomic E-state index is 0.229. The van der Waals surface area contributed by atoms with E-state index in [1.807, 2.05) is 30.3 Å². The molecule has 20 heavy (non-hydrogen) atoms. The van der Waals surface area contributed by atoms with Crippen molar-refractivity contribution in [3.05, 3.63) is 65.5 Å². The van der Waals surface area contributed by atoms with E-state index in [0.717, 1.165) is 5.56 Å². The molecule has 0 aromatic heterocycles. The molecule has 1 amide bonds. The number of cyclic esters (lactones) is 1. The van der Waals surface area contributed by atoms with Crippen LogP contribution in [0.3, 0.4) is 0 Å². The van der Waals surface area contributed by atoms with Gasteiger partial charge in [0.1, 0.15) is 11.6 Å². The molecule has 2 aromatic rings. The number of rotatable bonds is 1. The van der Waals surface area contributed by atoms with Crippen molar-refractivity contribution in [2.75, 3.05) is 11.9 Å². The first-order valence-electron chi connectivity index (χ1n) is 6.18. The molecule has 0 saturated carbocycles. The van der Waals surface area contributed by atoms with E-state index in [1.54, 1.807) is 25.3 Å². The summed E-state index contributed by atoms with van der Waals surface area (Å²) in [6.45, 7) is 0. The van der Waals surface area contributed by atoms with Gasteiger partial charge >= 0.3 is 6.09 Å². The fourth-order valence-corrected chi connectivity index (χ4v) is 2.15. The van der Waals surface area contributed by atoms with Crippen LogP contribution in [-0.2, 0) is 4.74 Å². The quantitative estimate of drug-likeness (QED) is 0.785. The van der Waals surface area contributed by atoms with Gasteiger partial charge < -0.3 is 4.74 Å². The number of amides is 1. The Morgan fingerprint density at radius 3 is 2.60 bits per heavy atom. The number of fused-ring (bicyclic) bond motifs is 1.